The topological polar surface area (TPSA) is 83.7 Å². The number of hydrogen-bond acceptors (Lipinski definition) is 6. The minimum absolute atomic E-state index is 0.352. The van der Waals surface area contributed by atoms with Gasteiger partial charge in [-0.25, -0.2) is 9.79 Å². The Morgan fingerprint density at radius 3 is 2.54 bits per heavy atom. The van der Waals surface area contributed by atoms with E-state index in [9.17, 15) is 4.79 Å². The Balaban J connectivity index is 2.19. The van der Waals surface area contributed by atoms with Crippen molar-refractivity contribution in [2.75, 3.05) is 13.4 Å². The number of thioether (sulfide) groups is 1. The van der Waals surface area contributed by atoms with E-state index in [-0.39, 0.29) is 0 Å². The van der Waals surface area contributed by atoms with Gasteiger partial charge < -0.3 is 9.47 Å². The average molecular weight is 341 g/mol. The number of carbonyl (C=O) groups is 1. The molecule has 2 aromatic carbocycles. The molecule has 0 unspecified atom stereocenters. The van der Waals surface area contributed by atoms with Gasteiger partial charge in [0.2, 0.25) is 0 Å². The first-order chi connectivity index (χ1) is 11.7. The summed E-state index contributed by atoms with van der Waals surface area (Å²) in [6.45, 7) is 0. The monoisotopic (exact) mass is 341 g/mol. The van der Waals surface area contributed by atoms with Crippen molar-refractivity contribution in [3.05, 3.63) is 54.1 Å². The Labute approximate surface area is 144 Å². The van der Waals surface area contributed by atoms with Crippen LogP contribution in [-0.2, 0) is 4.74 Å². The van der Waals surface area contributed by atoms with E-state index < -0.39 is 5.97 Å². The molecule has 0 amide bonds. The normalized spacial score (nSPS) is 10.6. The van der Waals surface area contributed by atoms with Crippen molar-refractivity contribution in [3.63, 3.8) is 0 Å². The molecule has 0 atom stereocenters. The largest absolute Gasteiger partial charge is 0.465 e. The molecule has 0 saturated carbocycles. The Bertz CT molecular complexity index is 782. The van der Waals surface area contributed by atoms with Gasteiger partial charge in [0, 0.05) is 0 Å². The Kier molecular flexibility index (Phi) is 6.23. The number of amidine groups is 1. The van der Waals surface area contributed by atoms with Gasteiger partial charge in [0.25, 0.3) is 0 Å². The third-order valence-corrected chi connectivity index (χ3v) is 3.52. The molecule has 0 aromatic heterocycles. The van der Waals surface area contributed by atoms with Gasteiger partial charge in [-0.1, -0.05) is 23.9 Å². The molecule has 122 valence electrons. The maximum atomic E-state index is 11.7. The molecule has 0 saturated heterocycles. The fourth-order valence-electron chi connectivity index (χ4n) is 1.84. The molecular formula is C17H15N3O3S. The number of ether oxygens (including phenoxy) is 2. The average Bonchev–Trinajstić information content (AvgIpc) is 2.62. The quantitative estimate of drug-likeness (QED) is 0.300. The molecule has 2 aromatic rings. The fraction of sp³-hybridized carbons (Fsp3) is 0.118. The van der Waals surface area contributed by atoms with Crippen molar-refractivity contribution in [2.24, 2.45) is 4.99 Å². The summed E-state index contributed by atoms with van der Waals surface area (Å²) in [5.41, 5.74) is 1.03. The lowest BCUT2D eigenvalue weighted by atomic mass is 10.2. The highest BCUT2D eigenvalue weighted by Crippen LogP contribution is 2.27. The SMILES string of the molecule is COC(=O)c1ccccc1Oc1ccc(N=C(NC#N)SC)cc1. The van der Waals surface area contributed by atoms with Crippen LogP contribution >= 0.6 is 11.8 Å². The molecule has 0 heterocycles. The summed E-state index contributed by atoms with van der Waals surface area (Å²) in [6, 6.07) is 13.8. The van der Waals surface area contributed by atoms with Crippen LogP contribution in [0.5, 0.6) is 11.5 Å². The summed E-state index contributed by atoms with van der Waals surface area (Å²) >= 11 is 1.34. The molecule has 0 aliphatic heterocycles. The fourth-order valence-corrected chi connectivity index (χ4v) is 2.18. The molecule has 7 heteroatoms. The summed E-state index contributed by atoms with van der Waals surface area (Å²) < 4.78 is 10.5. The van der Waals surface area contributed by atoms with Crippen molar-refractivity contribution in [1.29, 1.82) is 5.26 Å². The smallest absolute Gasteiger partial charge is 0.341 e. The first-order valence-electron chi connectivity index (χ1n) is 6.91. The van der Waals surface area contributed by atoms with Crippen LogP contribution in [0.1, 0.15) is 10.4 Å². The molecule has 0 radical (unpaired) electrons. The number of nitrogens with zero attached hydrogens (tertiary/aromatic N) is 2. The van der Waals surface area contributed by atoms with E-state index >= 15 is 0 Å². The lowest BCUT2D eigenvalue weighted by Gasteiger charge is -2.09. The number of rotatable bonds is 4. The molecule has 0 bridgehead atoms. The molecule has 6 nitrogen and oxygen atoms in total. The Hall–Kier alpha value is -2.98. The minimum Gasteiger partial charge on any atom is -0.465 e. The molecule has 1 N–H and O–H groups in total. The van der Waals surface area contributed by atoms with Crippen LogP contribution in [-0.4, -0.2) is 24.5 Å². The highest BCUT2D eigenvalue weighted by atomic mass is 32.2. The summed E-state index contributed by atoms with van der Waals surface area (Å²) in [5, 5.41) is 11.6. The van der Waals surface area contributed by atoms with Gasteiger partial charge in [-0.05, 0) is 42.7 Å². The van der Waals surface area contributed by atoms with Gasteiger partial charge in [0.1, 0.15) is 17.1 Å². The Morgan fingerprint density at radius 1 is 1.21 bits per heavy atom. The maximum Gasteiger partial charge on any atom is 0.341 e. The number of esters is 1. The van der Waals surface area contributed by atoms with Gasteiger partial charge in [0.05, 0.1) is 12.8 Å². The lowest BCUT2D eigenvalue weighted by molar-refractivity contribution is 0.0598. The van der Waals surface area contributed by atoms with Crippen molar-refractivity contribution < 1.29 is 14.3 Å². The molecule has 2 rings (SSSR count). The van der Waals surface area contributed by atoms with Gasteiger partial charge in [0.15, 0.2) is 11.4 Å². The van der Waals surface area contributed by atoms with Crippen LogP contribution in [0.15, 0.2) is 53.5 Å². The number of carbonyl (C=O) groups excluding carboxylic acids is 1. The summed E-state index contributed by atoms with van der Waals surface area (Å²) in [7, 11) is 1.32. The predicted octanol–water partition coefficient (Wildman–Crippen LogP) is 3.69. The number of nitrogens with one attached hydrogen (secondary N) is 1. The van der Waals surface area contributed by atoms with Gasteiger partial charge in [-0.15, -0.1) is 0 Å². The number of hydrogen-bond donors (Lipinski definition) is 1. The summed E-state index contributed by atoms with van der Waals surface area (Å²) in [4.78, 5) is 16.0. The van der Waals surface area contributed by atoms with E-state index in [2.05, 4.69) is 10.3 Å². The number of aliphatic imine (C=N–C) groups is 1. The van der Waals surface area contributed by atoms with Crippen molar-refractivity contribution in [2.45, 2.75) is 0 Å². The first kappa shape index (κ1) is 17.4. The first-order valence-corrected chi connectivity index (χ1v) is 8.13. The number of benzene rings is 2. The van der Waals surface area contributed by atoms with E-state index in [1.165, 1.54) is 18.9 Å². The highest BCUT2D eigenvalue weighted by Gasteiger charge is 2.12. The zero-order valence-electron chi connectivity index (χ0n) is 13.1. The van der Waals surface area contributed by atoms with Crippen LogP contribution in [0.3, 0.4) is 0 Å². The van der Waals surface area contributed by atoms with E-state index in [0.717, 1.165) is 0 Å². The van der Waals surface area contributed by atoms with Gasteiger partial charge in [-0.3, -0.25) is 5.32 Å². The predicted molar refractivity (Wildman–Crippen MR) is 93.7 cm³/mol. The van der Waals surface area contributed by atoms with E-state index in [1.807, 2.05) is 12.4 Å². The van der Waals surface area contributed by atoms with Crippen molar-refractivity contribution >= 4 is 28.6 Å². The van der Waals surface area contributed by atoms with Gasteiger partial charge in [-0.2, -0.15) is 5.26 Å². The standard InChI is InChI=1S/C17H15N3O3S/c1-22-16(21)14-5-3-4-6-15(14)23-13-9-7-12(8-10-13)20-17(24-2)19-11-18/h3-10H,1-2H3,(H,19,20). The molecule has 0 spiro atoms. The molecular weight excluding hydrogens is 326 g/mol. The second-order valence-corrected chi connectivity index (χ2v) is 5.24. The van der Waals surface area contributed by atoms with Crippen LogP contribution in [0.4, 0.5) is 5.69 Å². The van der Waals surface area contributed by atoms with Crippen LogP contribution in [0.25, 0.3) is 0 Å². The van der Waals surface area contributed by atoms with Crippen LogP contribution in [0.2, 0.25) is 0 Å². The van der Waals surface area contributed by atoms with Crippen molar-refractivity contribution in [3.8, 4) is 17.7 Å². The van der Waals surface area contributed by atoms with E-state index in [0.29, 0.717) is 27.9 Å². The zero-order chi connectivity index (χ0) is 17.4. The minimum atomic E-state index is -0.459. The second-order valence-electron chi connectivity index (χ2n) is 4.44. The van der Waals surface area contributed by atoms with Crippen molar-refractivity contribution in [1.82, 2.24) is 5.32 Å². The van der Waals surface area contributed by atoms with Crippen LogP contribution in [0, 0.1) is 11.5 Å². The number of methoxy groups -OCH3 is 1. The lowest BCUT2D eigenvalue weighted by Crippen LogP contribution is -2.12. The van der Waals surface area contributed by atoms with Gasteiger partial charge >= 0.3 is 5.97 Å². The molecule has 0 fully saturated rings. The second kappa shape index (κ2) is 8.60. The van der Waals surface area contributed by atoms with E-state index in [1.54, 1.807) is 48.5 Å². The number of para-hydroxylation sites is 1. The molecule has 0 aliphatic carbocycles. The summed E-state index contributed by atoms with van der Waals surface area (Å²) in [5.74, 6) is 0.514. The third kappa shape index (κ3) is 4.51. The zero-order valence-corrected chi connectivity index (χ0v) is 14.0. The number of nitriles is 1. The molecule has 24 heavy (non-hydrogen) atoms. The highest BCUT2D eigenvalue weighted by molar-refractivity contribution is 8.13. The summed E-state index contributed by atoms with van der Waals surface area (Å²) in [6.07, 6.45) is 3.66. The maximum absolute atomic E-state index is 11.7. The molecule has 0 aliphatic rings. The Morgan fingerprint density at radius 2 is 1.92 bits per heavy atom. The van der Waals surface area contributed by atoms with Crippen LogP contribution < -0.4 is 10.1 Å². The van der Waals surface area contributed by atoms with E-state index in [4.69, 9.17) is 14.7 Å². The third-order valence-electron chi connectivity index (χ3n) is 2.94.